The summed E-state index contributed by atoms with van der Waals surface area (Å²) in [5.41, 5.74) is 0. The fourth-order valence-electron chi connectivity index (χ4n) is 0.462. The molecule has 0 radical (unpaired) electrons. The van der Waals surface area contributed by atoms with Crippen molar-refractivity contribution in [3.8, 4) is 0 Å². The fourth-order valence-corrected chi connectivity index (χ4v) is 0.462. The Morgan fingerprint density at radius 1 is 1.56 bits per heavy atom. The summed E-state index contributed by atoms with van der Waals surface area (Å²) in [6.45, 7) is 3.75. The van der Waals surface area contributed by atoms with Gasteiger partial charge < -0.3 is 0 Å². The van der Waals surface area contributed by atoms with Gasteiger partial charge in [-0.25, -0.2) is 0 Å². The van der Waals surface area contributed by atoms with Crippen LogP contribution in [0.25, 0.3) is 0 Å². The molecule has 0 saturated heterocycles. The Bertz CT molecular complexity index is 114. The normalized spacial score (nSPS) is 8.67. The maximum Gasteiger partial charge on any atom is 0.244 e. The number of nitrogens with zero attached hydrogens (tertiary/aromatic N) is 2. The van der Waals surface area contributed by atoms with Gasteiger partial charge in [0.1, 0.15) is 0 Å². The van der Waals surface area contributed by atoms with Crippen molar-refractivity contribution in [2.75, 3.05) is 6.54 Å². The van der Waals surface area contributed by atoms with E-state index in [0.717, 1.165) is 5.01 Å². The molecule has 0 bridgehead atoms. The molecule has 0 N–H and O–H groups in total. The van der Waals surface area contributed by atoms with E-state index >= 15 is 0 Å². The SMILES string of the molecule is CCC(=O)N(CC)N=O. The fraction of sp³-hybridized carbons (Fsp3) is 0.800. The van der Waals surface area contributed by atoms with E-state index in [4.69, 9.17) is 0 Å². The summed E-state index contributed by atoms with van der Waals surface area (Å²) in [5, 5.41) is 3.41. The van der Waals surface area contributed by atoms with Crippen LogP contribution in [0, 0.1) is 4.91 Å². The van der Waals surface area contributed by atoms with Crippen LogP contribution < -0.4 is 0 Å². The van der Waals surface area contributed by atoms with E-state index in [9.17, 15) is 9.70 Å². The van der Waals surface area contributed by atoms with Crippen molar-refractivity contribution in [3.63, 3.8) is 0 Å². The Morgan fingerprint density at radius 3 is 2.22 bits per heavy atom. The number of hydrogen-bond acceptors (Lipinski definition) is 3. The van der Waals surface area contributed by atoms with Crippen molar-refractivity contribution in [2.24, 2.45) is 5.29 Å². The molecule has 0 atom stereocenters. The monoisotopic (exact) mass is 130 g/mol. The molecule has 0 aliphatic carbocycles. The second kappa shape index (κ2) is 4.00. The lowest BCUT2D eigenvalue weighted by molar-refractivity contribution is -0.130. The molecule has 4 heteroatoms. The predicted octanol–water partition coefficient (Wildman–Crippen LogP) is 0.926. The van der Waals surface area contributed by atoms with Gasteiger partial charge in [-0.3, -0.25) is 4.79 Å². The lowest BCUT2D eigenvalue weighted by Gasteiger charge is -2.06. The molecule has 0 aliphatic rings. The number of carbonyl (C=O) groups excluding carboxylic acids is 1. The van der Waals surface area contributed by atoms with Gasteiger partial charge in [0.2, 0.25) is 5.91 Å². The average molecular weight is 130 g/mol. The van der Waals surface area contributed by atoms with Crippen LogP contribution in [0.15, 0.2) is 5.29 Å². The molecule has 0 aromatic carbocycles. The minimum atomic E-state index is -0.229. The maximum atomic E-state index is 10.6. The molecule has 4 nitrogen and oxygen atoms in total. The molecule has 0 fully saturated rings. The molecular formula is C5H10N2O2. The minimum Gasteiger partial charge on any atom is -0.273 e. The minimum absolute atomic E-state index is 0.229. The first kappa shape index (κ1) is 8.07. The highest BCUT2D eigenvalue weighted by Gasteiger charge is 2.06. The first-order valence-corrected chi connectivity index (χ1v) is 2.89. The molecule has 1 amide bonds. The number of hydrogen-bond donors (Lipinski definition) is 0. The Kier molecular flexibility index (Phi) is 3.59. The van der Waals surface area contributed by atoms with Crippen molar-refractivity contribution >= 4 is 5.91 Å². The highest BCUT2D eigenvalue weighted by molar-refractivity contribution is 5.75. The van der Waals surface area contributed by atoms with E-state index in [-0.39, 0.29) is 5.91 Å². The standard InChI is InChI=1S/C5H10N2O2/c1-3-5(8)7(4-2)6-9/h3-4H2,1-2H3. The van der Waals surface area contributed by atoms with Gasteiger partial charge in [0.25, 0.3) is 0 Å². The van der Waals surface area contributed by atoms with E-state index in [0.29, 0.717) is 13.0 Å². The summed E-state index contributed by atoms with van der Waals surface area (Å²) in [6, 6.07) is 0. The van der Waals surface area contributed by atoms with Gasteiger partial charge in [0.15, 0.2) is 0 Å². The third kappa shape index (κ3) is 2.21. The molecule has 0 rings (SSSR count). The summed E-state index contributed by atoms with van der Waals surface area (Å²) in [7, 11) is 0. The summed E-state index contributed by atoms with van der Waals surface area (Å²) >= 11 is 0. The van der Waals surface area contributed by atoms with Gasteiger partial charge in [0, 0.05) is 13.0 Å². The van der Waals surface area contributed by atoms with Crippen LogP contribution in [0.2, 0.25) is 0 Å². The number of carbonyl (C=O) groups is 1. The topological polar surface area (TPSA) is 49.7 Å². The molecule has 0 aromatic rings. The molecule has 0 aromatic heterocycles. The van der Waals surface area contributed by atoms with Crippen molar-refractivity contribution in [2.45, 2.75) is 20.3 Å². The third-order valence-electron chi connectivity index (χ3n) is 0.988. The number of nitroso groups, excluding NO2 is 1. The van der Waals surface area contributed by atoms with Gasteiger partial charge in [0.05, 0.1) is 5.29 Å². The van der Waals surface area contributed by atoms with Crippen LogP contribution in [0.5, 0.6) is 0 Å². The second-order valence-corrected chi connectivity index (χ2v) is 1.54. The lowest BCUT2D eigenvalue weighted by Crippen LogP contribution is -2.23. The van der Waals surface area contributed by atoms with Crippen LogP contribution >= 0.6 is 0 Å². The largest absolute Gasteiger partial charge is 0.273 e. The van der Waals surface area contributed by atoms with Gasteiger partial charge in [-0.1, -0.05) is 6.92 Å². The summed E-state index contributed by atoms with van der Waals surface area (Å²) in [4.78, 5) is 20.4. The van der Waals surface area contributed by atoms with Crippen LogP contribution in [-0.2, 0) is 4.79 Å². The Hall–Kier alpha value is -0.930. The van der Waals surface area contributed by atoms with E-state index in [1.54, 1.807) is 13.8 Å². The first-order valence-electron chi connectivity index (χ1n) is 2.89. The summed E-state index contributed by atoms with van der Waals surface area (Å²) < 4.78 is 0. The number of rotatable bonds is 3. The molecule has 0 saturated carbocycles. The molecule has 0 heterocycles. The second-order valence-electron chi connectivity index (χ2n) is 1.54. The van der Waals surface area contributed by atoms with Crippen LogP contribution in [0.1, 0.15) is 20.3 Å². The zero-order valence-corrected chi connectivity index (χ0v) is 5.63. The zero-order chi connectivity index (χ0) is 7.28. The third-order valence-corrected chi connectivity index (χ3v) is 0.988. The van der Waals surface area contributed by atoms with E-state index in [1.165, 1.54) is 0 Å². The molecule has 0 aliphatic heterocycles. The van der Waals surface area contributed by atoms with Crippen molar-refractivity contribution in [1.29, 1.82) is 0 Å². The molecule has 9 heavy (non-hydrogen) atoms. The van der Waals surface area contributed by atoms with Gasteiger partial charge in [-0.2, -0.15) is 5.01 Å². The van der Waals surface area contributed by atoms with Crippen LogP contribution in [0.3, 0.4) is 0 Å². The zero-order valence-electron chi connectivity index (χ0n) is 5.63. The summed E-state index contributed by atoms with van der Waals surface area (Å²) in [5.74, 6) is -0.229. The van der Waals surface area contributed by atoms with Gasteiger partial charge >= 0.3 is 0 Å². The van der Waals surface area contributed by atoms with Crippen molar-refractivity contribution in [3.05, 3.63) is 4.91 Å². The highest BCUT2D eigenvalue weighted by atomic mass is 16.3. The molecular weight excluding hydrogens is 120 g/mol. The molecule has 0 unspecified atom stereocenters. The number of amides is 1. The first-order chi connectivity index (χ1) is 4.26. The van der Waals surface area contributed by atoms with E-state index in [1.807, 2.05) is 0 Å². The smallest absolute Gasteiger partial charge is 0.244 e. The molecule has 0 spiro atoms. The maximum absolute atomic E-state index is 10.6. The summed E-state index contributed by atoms with van der Waals surface area (Å²) in [6.07, 6.45) is 0.333. The molecule has 52 valence electrons. The average Bonchev–Trinajstić information content (AvgIpc) is 1.90. The Balaban J connectivity index is 3.78. The van der Waals surface area contributed by atoms with Crippen molar-refractivity contribution in [1.82, 2.24) is 5.01 Å². The van der Waals surface area contributed by atoms with Crippen LogP contribution in [0.4, 0.5) is 0 Å². The Labute approximate surface area is 53.8 Å². The Morgan fingerprint density at radius 2 is 2.11 bits per heavy atom. The van der Waals surface area contributed by atoms with Crippen molar-refractivity contribution < 1.29 is 4.79 Å². The van der Waals surface area contributed by atoms with E-state index < -0.39 is 0 Å². The van der Waals surface area contributed by atoms with E-state index in [2.05, 4.69) is 5.29 Å². The lowest BCUT2D eigenvalue weighted by atomic mass is 10.4. The van der Waals surface area contributed by atoms with Gasteiger partial charge in [-0.15, -0.1) is 4.91 Å². The predicted molar refractivity (Wildman–Crippen MR) is 33.5 cm³/mol. The van der Waals surface area contributed by atoms with Gasteiger partial charge in [-0.05, 0) is 6.92 Å². The highest BCUT2D eigenvalue weighted by Crippen LogP contribution is 1.91. The van der Waals surface area contributed by atoms with Crippen LogP contribution in [-0.4, -0.2) is 17.5 Å². The quantitative estimate of drug-likeness (QED) is 0.421.